The first kappa shape index (κ1) is 29.7. The molecule has 0 heteroatoms. The van der Waals surface area contributed by atoms with Crippen LogP contribution < -0.4 is 0 Å². The molecule has 0 spiro atoms. The lowest BCUT2D eigenvalue weighted by Crippen LogP contribution is -1.83. The number of allylic oxidation sites excluding steroid dienone is 2. The summed E-state index contributed by atoms with van der Waals surface area (Å²) < 4.78 is 0. The van der Waals surface area contributed by atoms with Gasteiger partial charge < -0.3 is 0 Å². The van der Waals surface area contributed by atoms with Gasteiger partial charge in [0.15, 0.2) is 0 Å². The molecule has 0 rings (SSSR count). The van der Waals surface area contributed by atoms with Crippen LogP contribution in [-0.4, -0.2) is 0 Å². The van der Waals surface area contributed by atoms with Crippen LogP contribution in [0.2, 0.25) is 0 Å². The van der Waals surface area contributed by atoms with Gasteiger partial charge in [0.1, 0.15) is 0 Å². The van der Waals surface area contributed by atoms with Gasteiger partial charge in [0.2, 0.25) is 0 Å². The Bertz CT molecular complexity index is 303. The lowest BCUT2D eigenvalue weighted by Gasteiger charge is -2.03. The van der Waals surface area contributed by atoms with Gasteiger partial charge in [-0.15, -0.1) is 0 Å². The Morgan fingerprint density at radius 1 is 0.333 bits per heavy atom. The topological polar surface area (TPSA) is 0 Å². The van der Waals surface area contributed by atoms with Gasteiger partial charge in [-0.2, -0.15) is 0 Å². The van der Waals surface area contributed by atoms with Gasteiger partial charge >= 0.3 is 0 Å². The van der Waals surface area contributed by atoms with E-state index < -0.39 is 0 Å². The van der Waals surface area contributed by atoms with Crippen molar-refractivity contribution in [3.8, 4) is 0 Å². The molecule has 0 heterocycles. The molecule has 30 heavy (non-hydrogen) atoms. The monoisotopic (exact) mass is 419 g/mol. The average Bonchev–Trinajstić information content (AvgIpc) is 2.76. The molecule has 0 unspecified atom stereocenters. The van der Waals surface area contributed by atoms with E-state index in [1.165, 1.54) is 161 Å². The van der Waals surface area contributed by atoms with Crippen molar-refractivity contribution in [2.24, 2.45) is 0 Å². The standard InChI is InChI=1S/C30H59/c1-3-5-7-9-11-13-15-17-19-21-23-25-27-29-30-28-26-24-22-20-18-16-14-12-10-8-6-4-2/h25,27,29H,3-24,26,28,30H2,1-2H3. The van der Waals surface area contributed by atoms with Crippen LogP contribution >= 0.6 is 0 Å². The van der Waals surface area contributed by atoms with Crippen LogP contribution in [0.4, 0.5) is 0 Å². The number of unbranched alkanes of at least 4 members (excludes halogenated alkanes) is 24. The molecule has 0 N–H and O–H groups in total. The van der Waals surface area contributed by atoms with Crippen LogP contribution in [0, 0.1) is 6.42 Å². The summed E-state index contributed by atoms with van der Waals surface area (Å²) in [6.45, 7) is 4.60. The fourth-order valence-electron chi connectivity index (χ4n) is 4.32. The molecule has 0 bridgehead atoms. The van der Waals surface area contributed by atoms with E-state index in [9.17, 15) is 0 Å². The maximum absolute atomic E-state index is 2.40. The summed E-state index contributed by atoms with van der Waals surface area (Å²) in [6, 6.07) is 0. The normalized spacial score (nSPS) is 11.7. The highest BCUT2D eigenvalue weighted by Gasteiger charge is 1.94. The van der Waals surface area contributed by atoms with E-state index in [2.05, 4.69) is 32.4 Å². The van der Waals surface area contributed by atoms with Gasteiger partial charge in [0.25, 0.3) is 0 Å². The van der Waals surface area contributed by atoms with E-state index in [1.807, 2.05) is 0 Å². The molecule has 1 radical (unpaired) electrons. The summed E-state index contributed by atoms with van der Waals surface area (Å²) in [4.78, 5) is 0. The van der Waals surface area contributed by atoms with Gasteiger partial charge in [0.05, 0.1) is 0 Å². The quantitative estimate of drug-likeness (QED) is 0.122. The van der Waals surface area contributed by atoms with E-state index in [0.29, 0.717) is 0 Å². The first-order chi connectivity index (χ1) is 14.9. The zero-order valence-corrected chi connectivity index (χ0v) is 21.4. The largest absolute Gasteiger partial charge is 0.0882 e. The molecule has 0 aromatic carbocycles. The predicted molar refractivity (Wildman–Crippen MR) is 140 cm³/mol. The van der Waals surface area contributed by atoms with Crippen LogP contribution in [0.1, 0.15) is 174 Å². The third-order valence-electron chi connectivity index (χ3n) is 6.47. The van der Waals surface area contributed by atoms with Crippen molar-refractivity contribution in [3.05, 3.63) is 18.6 Å². The molecule has 0 aliphatic heterocycles. The average molecular weight is 420 g/mol. The van der Waals surface area contributed by atoms with Crippen molar-refractivity contribution in [2.75, 3.05) is 0 Å². The van der Waals surface area contributed by atoms with E-state index in [1.54, 1.807) is 0 Å². The third-order valence-corrected chi connectivity index (χ3v) is 6.47. The lowest BCUT2D eigenvalue weighted by molar-refractivity contribution is 0.539. The van der Waals surface area contributed by atoms with Crippen LogP contribution in [0.25, 0.3) is 0 Å². The van der Waals surface area contributed by atoms with Crippen molar-refractivity contribution < 1.29 is 0 Å². The van der Waals surface area contributed by atoms with E-state index in [4.69, 9.17) is 0 Å². The van der Waals surface area contributed by atoms with Crippen LogP contribution in [0.3, 0.4) is 0 Å². The molecule has 0 aliphatic rings. The Kier molecular flexibility index (Phi) is 28.5. The maximum Gasteiger partial charge on any atom is -0.0171 e. The smallest absolute Gasteiger partial charge is 0.0171 e. The summed E-state index contributed by atoms with van der Waals surface area (Å²) in [5.74, 6) is 0. The molecule has 0 fully saturated rings. The molecule has 0 saturated heterocycles. The Labute approximate surface area is 193 Å². The van der Waals surface area contributed by atoms with Crippen molar-refractivity contribution >= 4 is 0 Å². The summed E-state index contributed by atoms with van der Waals surface area (Å²) in [7, 11) is 0. The molecule has 0 aromatic rings. The molecule has 0 amide bonds. The maximum atomic E-state index is 2.40. The van der Waals surface area contributed by atoms with Gasteiger partial charge in [-0.25, -0.2) is 0 Å². The molecule has 0 nitrogen and oxygen atoms in total. The highest BCUT2D eigenvalue weighted by Crippen LogP contribution is 2.14. The van der Waals surface area contributed by atoms with Crippen molar-refractivity contribution in [1.29, 1.82) is 0 Å². The van der Waals surface area contributed by atoms with Crippen molar-refractivity contribution in [3.63, 3.8) is 0 Å². The zero-order chi connectivity index (χ0) is 21.8. The summed E-state index contributed by atoms with van der Waals surface area (Å²) in [5, 5.41) is 0. The Morgan fingerprint density at radius 2 is 0.633 bits per heavy atom. The Morgan fingerprint density at radius 3 is 1.00 bits per heavy atom. The van der Waals surface area contributed by atoms with E-state index in [0.717, 1.165) is 0 Å². The second-order valence-corrected chi connectivity index (χ2v) is 9.67. The van der Waals surface area contributed by atoms with Crippen LogP contribution in [-0.2, 0) is 0 Å². The number of hydrogen-bond acceptors (Lipinski definition) is 0. The van der Waals surface area contributed by atoms with Crippen molar-refractivity contribution in [2.45, 2.75) is 174 Å². The van der Waals surface area contributed by atoms with Crippen LogP contribution in [0.15, 0.2) is 12.2 Å². The Hall–Kier alpha value is -0.260. The van der Waals surface area contributed by atoms with Gasteiger partial charge in [0, 0.05) is 0 Å². The summed E-state index contributed by atoms with van der Waals surface area (Å²) in [5.41, 5.74) is 0. The molecular weight excluding hydrogens is 360 g/mol. The minimum Gasteiger partial charge on any atom is -0.0882 e. The highest BCUT2D eigenvalue weighted by molar-refractivity contribution is 4.94. The first-order valence-corrected chi connectivity index (χ1v) is 14.4. The first-order valence-electron chi connectivity index (χ1n) is 14.4. The van der Waals surface area contributed by atoms with Crippen molar-refractivity contribution in [1.82, 2.24) is 0 Å². The molecule has 0 aliphatic carbocycles. The highest BCUT2D eigenvalue weighted by atomic mass is 14.0. The lowest BCUT2D eigenvalue weighted by atomic mass is 10.0. The van der Waals surface area contributed by atoms with E-state index in [-0.39, 0.29) is 0 Å². The SMILES string of the molecule is CCCCCCCCCCCCC=C[CH]CCCCCCCCCCCCCCC. The fraction of sp³-hybridized carbons (Fsp3) is 0.900. The van der Waals surface area contributed by atoms with E-state index >= 15 is 0 Å². The minimum absolute atomic E-state index is 1.28. The second-order valence-electron chi connectivity index (χ2n) is 9.67. The molecule has 0 atom stereocenters. The fourth-order valence-corrected chi connectivity index (χ4v) is 4.32. The molecule has 0 aromatic heterocycles. The summed E-state index contributed by atoms with van der Waals surface area (Å²) in [6.07, 6.45) is 42.9. The summed E-state index contributed by atoms with van der Waals surface area (Å²) >= 11 is 0. The number of rotatable bonds is 26. The predicted octanol–water partition coefficient (Wildman–Crippen LogP) is 11.5. The number of hydrogen-bond donors (Lipinski definition) is 0. The van der Waals surface area contributed by atoms with Gasteiger partial charge in [-0.05, 0) is 25.7 Å². The Balaban J connectivity index is 3.05. The molecule has 179 valence electrons. The van der Waals surface area contributed by atoms with Gasteiger partial charge in [-0.1, -0.05) is 167 Å². The third kappa shape index (κ3) is 27.7. The zero-order valence-electron chi connectivity index (χ0n) is 21.4. The molecule has 0 saturated carbocycles. The van der Waals surface area contributed by atoms with Crippen LogP contribution in [0.5, 0.6) is 0 Å². The second kappa shape index (κ2) is 28.7. The molecular formula is C30H59. The van der Waals surface area contributed by atoms with Gasteiger partial charge in [-0.3, -0.25) is 0 Å². The minimum atomic E-state index is 1.28.